The summed E-state index contributed by atoms with van der Waals surface area (Å²) in [7, 11) is 0. The van der Waals surface area contributed by atoms with Gasteiger partial charge < -0.3 is 9.32 Å². The standard InChI is InChI=1S/C18H24ClN3O2/c1-14-15(2)24-18(23)22(14)8-4-7-20-9-11-21(12-10-20)17-6-3-5-16(19)13-17/h3,5-6,13H,4,7-12H2,1-2H3. The van der Waals surface area contributed by atoms with E-state index in [1.165, 1.54) is 5.69 Å². The fourth-order valence-electron chi connectivity index (χ4n) is 3.20. The molecule has 0 N–H and O–H groups in total. The van der Waals surface area contributed by atoms with Crippen LogP contribution in [-0.4, -0.2) is 42.2 Å². The number of oxazole rings is 1. The molecule has 0 amide bonds. The second-order valence-corrected chi connectivity index (χ2v) is 6.76. The van der Waals surface area contributed by atoms with Gasteiger partial charge in [0.1, 0.15) is 5.76 Å². The molecule has 0 radical (unpaired) electrons. The van der Waals surface area contributed by atoms with Crippen LogP contribution < -0.4 is 10.7 Å². The summed E-state index contributed by atoms with van der Waals surface area (Å²) in [4.78, 5) is 16.6. The summed E-state index contributed by atoms with van der Waals surface area (Å²) in [5, 5.41) is 0.783. The van der Waals surface area contributed by atoms with Crippen molar-refractivity contribution in [3.05, 3.63) is 51.3 Å². The minimum absolute atomic E-state index is 0.240. The van der Waals surface area contributed by atoms with E-state index in [1.807, 2.05) is 32.0 Å². The zero-order chi connectivity index (χ0) is 17.1. The molecule has 0 spiro atoms. The van der Waals surface area contributed by atoms with Crippen molar-refractivity contribution in [3.8, 4) is 0 Å². The summed E-state index contributed by atoms with van der Waals surface area (Å²) in [6.07, 6.45) is 0.955. The lowest BCUT2D eigenvalue weighted by Gasteiger charge is -2.36. The van der Waals surface area contributed by atoms with E-state index in [4.69, 9.17) is 16.0 Å². The molecule has 6 heteroatoms. The molecule has 1 fully saturated rings. The van der Waals surface area contributed by atoms with Crippen molar-refractivity contribution in [2.24, 2.45) is 0 Å². The third kappa shape index (κ3) is 3.84. The molecular weight excluding hydrogens is 326 g/mol. The Morgan fingerprint density at radius 2 is 1.88 bits per heavy atom. The van der Waals surface area contributed by atoms with E-state index >= 15 is 0 Å². The molecule has 0 atom stereocenters. The quantitative estimate of drug-likeness (QED) is 0.832. The molecule has 130 valence electrons. The van der Waals surface area contributed by atoms with Crippen LogP contribution in [0.5, 0.6) is 0 Å². The monoisotopic (exact) mass is 349 g/mol. The van der Waals surface area contributed by atoms with Crippen LogP contribution in [0.2, 0.25) is 5.02 Å². The molecule has 2 heterocycles. The maximum atomic E-state index is 11.7. The Balaban J connectivity index is 1.47. The Morgan fingerprint density at radius 3 is 2.50 bits per heavy atom. The summed E-state index contributed by atoms with van der Waals surface area (Å²) in [5.41, 5.74) is 2.13. The zero-order valence-corrected chi connectivity index (χ0v) is 15.1. The van der Waals surface area contributed by atoms with Crippen LogP contribution in [0, 0.1) is 13.8 Å². The first-order valence-electron chi connectivity index (χ1n) is 8.44. The number of aromatic nitrogens is 1. The first-order chi connectivity index (χ1) is 11.5. The van der Waals surface area contributed by atoms with Crippen molar-refractivity contribution < 1.29 is 4.42 Å². The van der Waals surface area contributed by atoms with Crippen LogP contribution >= 0.6 is 11.6 Å². The third-order valence-corrected chi connectivity index (χ3v) is 5.01. The summed E-state index contributed by atoms with van der Waals surface area (Å²) in [6.45, 7) is 9.56. The fraction of sp³-hybridized carbons (Fsp3) is 0.500. The van der Waals surface area contributed by atoms with Gasteiger partial charge in [-0.2, -0.15) is 0 Å². The molecule has 0 saturated carbocycles. The number of benzene rings is 1. The van der Waals surface area contributed by atoms with Crippen molar-refractivity contribution in [1.29, 1.82) is 0 Å². The number of aryl methyl sites for hydroxylation is 1. The second-order valence-electron chi connectivity index (χ2n) is 6.32. The van der Waals surface area contributed by atoms with E-state index in [9.17, 15) is 4.79 Å². The van der Waals surface area contributed by atoms with Crippen molar-refractivity contribution >= 4 is 17.3 Å². The van der Waals surface area contributed by atoms with Crippen LogP contribution in [0.3, 0.4) is 0 Å². The summed E-state index contributed by atoms with van der Waals surface area (Å²) < 4.78 is 6.87. The van der Waals surface area contributed by atoms with E-state index in [2.05, 4.69) is 15.9 Å². The number of halogens is 1. The minimum atomic E-state index is -0.240. The van der Waals surface area contributed by atoms with E-state index in [-0.39, 0.29) is 5.76 Å². The Labute approximate surface area is 147 Å². The summed E-state index contributed by atoms with van der Waals surface area (Å²) in [6, 6.07) is 8.03. The van der Waals surface area contributed by atoms with Gasteiger partial charge in [-0.15, -0.1) is 0 Å². The number of hydrogen-bond donors (Lipinski definition) is 0. The summed E-state index contributed by atoms with van der Waals surface area (Å²) >= 11 is 6.07. The number of piperazine rings is 1. The fourth-order valence-corrected chi connectivity index (χ4v) is 3.39. The van der Waals surface area contributed by atoms with Crippen LogP contribution in [0.25, 0.3) is 0 Å². The van der Waals surface area contributed by atoms with Gasteiger partial charge in [-0.1, -0.05) is 17.7 Å². The third-order valence-electron chi connectivity index (χ3n) is 4.78. The summed E-state index contributed by atoms with van der Waals surface area (Å²) in [5.74, 6) is 0.478. The van der Waals surface area contributed by atoms with Gasteiger partial charge >= 0.3 is 5.76 Å². The number of rotatable bonds is 5. The maximum absolute atomic E-state index is 11.7. The van der Waals surface area contributed by atoms with Gasteiger partial charge in [-0.25, -0.2) is 4.79 Å². The minimum Gasteiger partial charge on any atom is -0.413 e. The molecule has 1 aliphatic rings. The molecule has 24 heavy (non-hydrogen) atoms. The maximum Gasteiger partial charge on any atom is 0.419 e. The lowest BCUT2D eigenvalue weighted by Crippen LogP contribution is -2.46. The molecular formula is C18H24ClN3O2. The van der Waals surface area contributed by atoms with Crippen LogP contribution in [0.1, 0.15) is 17.9 Å². The van der Waals surface area contributed by atoms with Gasteiger partial charge in [-0.3, -0.25) is 9.47 Å². The number of anilines is 1. The Hall–Kier alpha value is -1.72. The van der Waals surface area contributed by atoms with Crippen molar-refractivity contribution in [3.63, 3.8) is 0 Å². The Bertz CT molecular complexity index is 745. The molecule has 5 nitrogen and oxygen atoms in total. The van der Waals surface area contributed by atoms with E-state index < -0.39 is 0 Å². The number of hydrogen-bond acceptors (Lipinski definition) is 4. The first-order valence-corrected chi connectivity index (χ1v) is 8.82. The second kappa shape index (κ2) is 7.45. The molecule has 1 aromatic heterocycles. The topological polar surface area (TPSA) is 41.6 Å². The van der Waals surface area contributed by atoms with Crippen LogP contribution in [-0.2, 0) is 6.54 Å². The van der Waals surface area contributed by atoms with Crippen LogP contribution in [0.15, 0.2) is 33.5 Å². The molecule has 1 aromatic carbocycles. The Kier molecular flexibility index (Phi) is 5.31. The molecule has 1 saturated heterocycles. The van der Waals surface area contributed by atoms with Gasteiger partial charge in [0.2, 0.25) is 0 Å². The average molecular weight is 350 g/mol. The van der Waals surface area contributed by atoms with Gasteiger partial charge in [-0.05, 0) is 45.0 Å². The average Bonchev–Trinajstić information content (AvgIpc) is 2.81. The van der Waals surface area contributed by atoms with Crippen molar-refractivity contribution in [2.45, 2.75) is 26.8 Å². The predicted octanol–water partition coefficient (Wildman–Crippen LogP) is 2.92. The van der Waals surface area contributed by atoms with Crippen LogP contribution in [0.4, 0.5) is 5.69 Å². The van der Waals surface area contributed by atoms with Gasteiger partial charge in [0.05, 0.1) is 5.69 Å². The molecule has 0 aliphatic carbocycles. The van der Waals surface area contributed by atoms with Crippen molar-refractivity contribution in [2.75, 3.05) is 37.6 Å². The highest BCUT2D eigenvalue weighted by Gasteiger charge is 2.17. The SMILES string of the molecule is Cc1oc(=O)n(CCCN2CCN(c3cccc(Cl)c3)CC2)c1C. The zero-order valence-electron chi connectivity index (χ0n) is 14.3. The van der Waals surface area contributed by atoms with E-state index in [1.54, 1.807) is 4.57 Å². The van der Waals surface area contributed by atoms with E-state index in [0.29, 0.717) is 0 Å². The molecule has 3 rings (SSSR count). The lowest BCUT2D eigenvalue weighted by molar-refractivity contribution is 0.249. The lowest BCUT2D eigenvalue weighted by atomic mass is 10.2. The highest BCUT2D eigenvalue weighted by Crippen LogP contribution is 2.20. The normalized spacial score (nSPS) is 15.9. The molecule has 2 aromatic rings. The van der Waals surface area contributed by atoms with Gasteiger partial charge in [0.15, 0.2) is 0 Å². The van der Waals surface area contributed by atoms with E-state index in [0.717, 1.165) is 62.2 Å². The largest absolute Gasteiger partial charge is 0.419 e. The smallest absolute Gasteiger partial charge is 0.413 e. The molecule has 0 unspecified atom stereocenters. The Morgan fingerprint density at radius 1 is 1.12 bits per heavy atom. The molecule has 0 bridgehead atoms. The highest BCUT2D eigenvalue weighted by molar-refractivity contribution is 6.30. The van der Waals surface area contributed by atoms with Gasteiger partial charge in [0.25, 0.3) is 0 Å². The molecule has 1 aliphatic heterocycles. The first kappa shape index (κ1) is 17.1. The van der Waals surface area contributed by atoms with Crippen molar-refractivity contribution in [1.82, 2.24) is 9.47 Å². The highest BCUT2D eigenvalue weighted by atomic mass is 35.5. The predicted molar refractivity (Wildman–Crippen MR) is 97.2 cm³/mol. The van der Waals surface area contributed by atoms with Gasteiger partial charge in [0, 0.05) is 43.4 Å². The number of nitrogens with zero attached hydrogens (tertiary/aromatic N) is 3.